The number of benzene rings is 2. The molecule has 0 fully saturated rings. The molecule has 0 spiro atoms. The highest BCUT2D eigenvalue weighted by Gasteiger charge is 2.13. The first-order valence-electron chi connectivity index (χ1n) is 6.70. The molecule has 4 nitrogen and oxygen atoms in total. The average molecular weight is 305 g/mol. The summed E-state index contributed by atoms with van der Waals surface area (Å²) in [7, 11) is 0. The van der Waals surface area contributed by atoms with E-state index in [1.54, 1.807) is 12.1 Å². The van der Waals surface area contributed by atoms with E-state index in [1.807, 2.05) is 12.1 Å². The molecule has 0 saturated heterocycles. The van der Waals surface area contributed by atoms with E-state index in [2.05, 4.69) is 31.3 Å². The van der Waals surface area contributed by atoms with Crippen LogP contribution in [0, 0.1) is 17.0 Å². The topological polar surface area (TPSA) is 55.2 Å². The van der Waals surface area contributed by atoms with E-state index in [0.29, 0.717) is 6.54 Å². The lowest BCUT2D eigenvalue weighted by molar-refractivity contribution is -0.384. The van der Waals surface area contributed by atoms with Gasteiger partial charge < -0.3 is 5.32 Å². The zero-order chi connectivity index (χ0) is 15.4. The molecule has 0 aliphatic rings. The van der Waals surface area contributed by atoms with Gasteiger partial charge in [-0.1, -0.05) is 41.9 Å². The van der Waals surface area contributed by atoms with E-state index in [4.69, 9.17) is 11.6 Å². The van der Waals surface area contributed by atoms with Gasteiger partial charge in [0.15, 0.2) is 0 Å². The van der Waals surface area contributed by atoms with Crippen LogP contribution in [-0.4, -0.2) is 4.92 Å². The van der Waals surface area contributed by atoms with Gasteiger partial charge in [0, 0.05) is 18.7 Å². The van der Waals surface area contributed by atoms with Gasteiger partial charge in [-0.05, 0) is 36.6 Å². The van der Waals surface area contributed by atoms with E-state index in [9.17, 15) is 10.1 Å². The maximum absolute atomic E-state index is 10.9. The Bertz CT molecular complexity index is 658. The maximum Gasteiger partial charge on any atom is 0.288 e. The fourth-order valence-corrected chi connectivity index (χ4v) is 2.45. The number of aryl methyl sites for hydroxylation is 1. The molecule has 2 rings (SSSR count). The molecule has 110 valence electrons. The number of nitro groups is 1. The van der Waals surface area contributed by atoms with Crippen LogP contribution >= 0.6 is 11.6 Å². The summed E-state index contributed by atoms with van der Waals surface area (Å²) in [4.78, 5) is 10.4. The second-order valence-corrected chi connectivity index (χ2v) is 5.41. The monoisotopic (exact) mass is 304 g/mol. The fourth-order valence-electron chi connectivity index (χ4n) is 2.26. The Morgan fingerprint density at radius 3 is 2.67 bits per heavy atom. The molecule has 1 N–H and O–H groups in total. The van der Waals surface area contributed by atoms with Crippen LogP contribution in [0.4, 0.5) is 5.69 Å². The quantitative estimate of drug-likeness (QED) is 0.657. The van der Waals surface area contributed by atoms with Gasteiger partial charge in [0.25, 0.3) is 5.69 Å². The average Bonchev–Trinajstić information content (AvgIpc) is 2.46. The molecule has 5 heteroatoms. The lowest BCUT2D eigenvalue weighted by atomic mass is 10.0. The van der Waals surface area contributed by atoms with Crippen LogP contribution in [-0.2, 0) is 6.54 Å². The van der Waals surface area contributed by atoms with Crippen LogP contribution in [0.25, 0.3) is 0 Å². The summed E-state index contributed by atoms with van der Waals surface area (Å²) < 4.78 is 0. The van der Waals surface area contributed by atoms with Crippen LogP contribution in [0.3, 0.4) is 0 Å². The van der Waals surface area contributed by atoms with Gasteiger partial charge in [0.2, 0.25) is 0 Å². The Labute approximate surface area is 128 Å². The first-order chi connectivity index (χ1) is 9.99. The summed E-state index contributed by atoms with van der Waals surface area (Å²) in [6.45, 7) is 4.70. The number of halogens is 1. The molecule has 0 heterocycles. The van der Waals surface area contributed by atoms with Crippen LogP contribution in [0.1, 0.15) is 29.7 Å². The summed E-state index contributed by atoms with van der Waals surface area (Å²) in [5.74, 6) is 0. The summed E-state index contributed by atoms with van der Waals surface area (Å²) >= 11 is 5.81. The fraction of sp³-hybridized carbons (Fsp3) is 0.250. The smallest absolute Gasteiger partial charge is 0.288 e. The molecule has 1 unspecified atom stereocenters. The van der Waals surface area contributed by atoms with Gasteiger partial charge in [0.1, 0.15) is 5.02 Å². The van der Waals surface area contributed by atoms with E-state index >= 15 is 0 Å². The number of hydrogen-bond acceptors (Lipinski definition) is 3. The normalized spacial score (nSPS) is 12.1. The standard InChI is InChI=1S/C16H17ClN2O2/c1-11-5-3-4-6-14(11)12(2)18-10-13-7-8-15(17)16(9-13)19(20)21/h3-9,12,18H,10H2,1-2H3. The molecular formula is C16H17ClN2O2. The van der Waals surface area contributed by atoms with Crippen molar-refractivity contribution in [3.05, 3.63) is 74.3 Å². The van der Waals surface area contributed by atoms with Crippen molar-refractivity contribution >= 4 is 17.3 Å². The molecule has 0 aliphatic heterocycles. The first-order valence-corrected chi connectivity index (χ1v) is 7.08. The predicted octanol–water partition coefficient (Wildman–Crippen LogP) is 4.41. The number of hydrogen-bond donors (Lipinski definition) is 1. The van der Waals surface area contributed by atoms with Crippen molar-refractivity contribution in [1.29, 1.82) is 0 Å². The third-order valence-corrected chi connectivity index (χ3v) is 3.79. The molecule has 0 aromatic heterocycles. The minimum atomic E-state index is -0.462. The van der Waals surface area contributed by atoms with E-state index in [1.165, 1.54) is 17.2 Å². The predicted molar refractivity (Wildman–Crippen MR) is 84.5 cm³/mol. The van der Waals surface area contributed by atoms with Gasteiger partial charge in [-0.15, -0.1) is 0 Å². The van der Waals surface area contributed by atoms with Crippen molar-refractivity contribution in [3.8, 4) is 0 Å². The minimum Gasteiger partial charge on any atom is -0.306 e. The third-order valence-electron chi connectivity index (χ3n) is 3.47. The molecule has 0 aliphatic carbocycles. The number of nitrogens with zero attached hydrogens (tertiary/aromatic N) is 1. The Kier molecular flexibility index (Phi) is 4.94. The Hall–Kier alpha value is -1.91. The molecule has 1 atom stereocenters. The Balaban J connectivity index is 2.08. The molecule has 21 heavy (non-hydrogen) atoms. The van der Waals surface area contributed by atoms with E-state index in [0.717, 1.165) is 5.56 Å². The largest absolute Gasteiger partial charge is 0.306 e. The van der Waals surface area contributed by atoms with Gasteiger partial charge in [-0.2, -0.15) is 0 Å². The molecule has 0 amide bonds. The van der Waals surface area contributed by atoms with Crippen LogP contribution in [0.5, 0.6) is 0 Å². The highest BCUT2D eigenvalue weighted by molar-refractivity contribution is 6.32. The van der Waals surface area contributed by atoms with Crippen molar-refractivity contribution in [2.45, 2.75) is 26.4 Å². The molecular weight excluding hydrogens is 288 g/mol. The van der Waals surface area contributed by atoms with Gasteiger partial charge in [-0.25, -0.2) is 0 Å². The first kappa shape index (κ1) is 15.5. The third kappa shape index (κ3) is 3.80. The lowest BCUT2D eigenvalue weighted by Gasteiger charge is -2.16. The molecule has 0 saturated carbocycles. The summed E-state index contributed by atoms with van der Waals surface area (Å²) in [5, 5.41) is 14.4. The highest BCUT2D eigenvalue weighted by Crippen LogP contribution is 2.25. The summed E-state index contributed by atoms with van der Waals surface area (Å²) in [6.07, 6.45) is 0. The number of nitrogens with one attached hydrogen (secondary N) is 1. The molecule has 2 aromatic rings. The van der Waals surface area contributed by atoms with Crippen LogP contribution in [0.2, 0.25) is 5.02 Å². The number of rotatable bonds is 5. The van der Waals surface area contributed by atoms with Crippen molar-refractivity contribution in [1.82, 2.24) is 5.32 Å². The lowest BCUT2D eigenvalue weighted by Crippen LogP contribution is -2.18. The Morgan fingerprint density at radius 1 is 1.29 bits per heavy atom. The Morgan fingerprint density at radius 2 is 2.00 bits per heavy atom. The van der Waals surface area contributed by atoms with E-state index in [-0.39, 0.29) is 16.8 Å². The second-order valence-electron chi connectivity index (χ2n) is 5.00. The molecule has 0 radical (unpaired) electrons. The van der Waals surface area contributed by atoms with Crippen LogP contribution in [0.15, 0.2) is 42.5 Å². The van der Waals surface area contributed by atoms with Crippen LogP contribution < -0.4 is 5.32 Å². The van der Waals surface area contributed by atoms with Gasteiger partial charge in [0.05, 0.1) is 4.92 Å². The zero-order valence-corrected chi connectivity index (χ0v) is 12.7. The summed E-state index contributed by atoms with van der Waals surface area (Å²) in [5.41, 5.74) is 3.23. The second kappa shape index (κ2) is 6.70. The van der Waals surface area contributed by atoms with Crippen molar-refractivity contribution in [2.24, 2.45) is 0 Å². The molecule has 2 aromatic carbocycles. The SMILES string of the molecule is Cc1ccccc1C(C)NCc1ccc(Cl)c([N+](=O)[O-])c1. The minimum absolute atomic E-state index is 0.0560. The van der Waals surface area contributed by atoms with Crippen molar-refractivity contribution in [3.63, 3.8) is 0 Å². The van der Waals surface area contributed by atoms with Gasteiger partial charge >= 0.3 is 0 Å². The highest BCUT2D eigenvalue weighted by atomic mass is 35.5. The maximum atomic E-state index is 10.9. The summed E-state index contributed by atoms with van der Waals surface area (Å²) in [6, 6.07) is 13.2. The molecule has 0 bridgehead atoms. The number of nitro benzene ring substituents is 1. The van der Waals surface area contributed by atoms with Crippen molar-refractivity contribution in [2.75, 3.05) is 0 Å². The van der Waals surface area contributed by atoms with E-state index < -0.39 is 4.92 Å². The van der Waals surface area contributed by atoms with Gasteiger partial charge in [-0.3, -0.25) is 10.1 Å². The van der Waals surface area contributed by atoms with Crippen molar-refractivity contribution < 1.29 is 4.92 Å². The zero-order valence-electron chi connectivity index (χ0n) is 12.0.